The number of benzene rings is 2. The molecule has 0 atom stereocenters. The highest BCUT2D eigenvalue weighted by Crippen LogP contribution is 2.33. The molecular weight excluding hydrogens is 434 g/mol. The van der Waals surface area contributed by atoms with Gasteiger partial charge in [0, 0.05) is 43.7 Å². The minimum atomic E-state index is 0.306. The van der Waals surface area contributed by atoms with Crippen LogP contribution in [0.2, 0.25) is 0 Å². The van der Waals surface area contributed by atoms with Gasteiger partial charge < -0.3 is 14.0 Å². The number of hydrogen-bond acceptors (Lipinski definition) is 4. The normalized spacial score (nSPS) is 11.3. The number of ether oxygens (including phenoxy) is 2. The lowest BCUT2D eigenvalue weighted by atomic mass is 9.95. The number of pyridine rings is 1. The summed E-state index contributed by atoms with van der Waals surface area (Å²) < 4.78 is 12.9. The zero-order valence-corrected chi connectivity index (χ0v) is 22.1. The van der Waals surface area contributed by atoms with Crippen molar-refractivity contribution in [3.8, 4) is 11.5 Å². The quantitative estimate of drug-likeness (QED) is 0.333. The minimum Gasteiger partial charge on any atom is -0.454 e. The molecular formula is C30H37N3O2. The molecule has 2 aromatic heterocycles. The van der Waals surface area contributed by atoms with E-state index in [0.29, 0.717) is 6.79 Å². The van der Waals surface area contributed by atoms with Crippen LogP contribution in [-0.2, 0) is 19.9 Å². The summed E-state index contributed by atoms with van der Waals surface area (Å²) in [5, 5.41) is 0. The van der Waals surface area contributed by atoms with E-state index < -0.39 is 0 Å². The third-order valence-electron chi connectivity index (χ3n) is 6.35. The van der Waals surface area contributed by atoms with Crippen LogP contribution in [0.3, 0.4) is 0 Å². The lowest BCUT2D eigenvalue weighted by Crippen LogP contribution is -2.07. The SMILES string of the molecule is CC.Cc1c(Cc2ccccc2)nc(Cc2ccc3c(c2)OCO3)c(C)c1C.Cc1nccn1C. The van der Waals surface area contributed by atoms with Crippen molar-refractivity contribution in [2.75, 3.05) is 6.79 Å². The predicted octanol–water partition coefficient (Wildman–Crippen LogP) is 6.67. The molecule has 4 aromatic rings. The van der Waals surface area contributed by atoms with Gasteiger partial charge in [-0.2, -0.15) is 0 Å². The molecule has 0 saturated heterocycles. The maximum Gasteiger partial charge on any atom is 0.231 e. The standard InChI is InChI=1S/C23H23NO2.C5H8N2.C2H6/c1-15-16(2)20(11-18-7-5-4-6-8-18)24-21(17(15)3)12-19-9-10-22-23(13-19)26-14-25-22;1-5-6-3-4-7(5)2;1-2/h4-10,13H,11-12,14H2,1-3H3;3-4H,1-2H3;1-2H3. The predicted molar refractivity (Wildman–Crippen MR) is 142 cm³/mol. The van der Waals surface area contributed by atoms with Crippen molar-refractivity contribution < 1.29 is 9.47 Å². The second-order valence-corrected chi connectivity index (χ2v) is 8.49. The third-order valence-corrected chi connectivity index (χ3v) is 6.35. The summed E-state index contributed by atoms with van der Waals surface area (Å²) in [7, 11) is 1.97. The van der Waals surface area contributed by atoms with E-state index in [4.69, 9.17) is 14.5 Å². The van der Waals surface area contributed by atoms with Gasteiger partial charge in [0.1, 0.15) is 5.82 Å². The summed E-state index contributed by atoms with van der Waals surface area (Å²) in [5.41, 5.74) is 8.69. The van der Waals surface area contributed by atoms with Crippen molar-refractivity contribution in [3.05, 3.63) is 106 Å². The van der Waals surface area contributed by atoms with Crippen LogP contribution in [0.5, 0.6) is 11.5 Å². The van der Waals surface area contributed by atoms with E-state index >= 15 is 0 Å². The van der Waals surface area contributed by atoms with E-state index in [9.17, 15) is 0 Å². The van der Waals surface area contributed by atoms with Crippen LogP contribution in [0.15, 0.2) is 60.9 Å². The first-order valence-electron chi connectivity index (χ1n) is 12.2. The number of fused-ring (bicyclic) bond motifs is 1. The van der Waals surface area contributed by atoms with Crippen LogP contribution in [0.25, 0.3) is 0 Å². The Balaban J connectivity index is 0.000000324. The van der Waals surface area contributed by atoms with Crippen LogP contribution in [0, 0.1) is 27.7 Å². The first-order chi connectivity index (χ1) is 16.9. The largest absolute Gasteiger partial charge is 0.454 e. The molecule has 0 amide bonds. The molecule has 0 spiro atoms. The molecule has 2 aromatic carbocycles. The van der Waals surface area contributed by atoms with Crippen molar-refractivity contribution in [3.63, 3.8) is 0 Å². The fraction of sp³-hybridized carbons (Fsp3) is 0.333. The van der Waals surface area contributed by atoms with Gasteiger partial charge in [-0.25, -0.2) is 4.98 Å². The van der Waals surface area contributed by atoms with Crippen LogP contribution in [0.1, 0.15) is 58.9 Å². The molecule has 0 fully saturated rings. The molecule has 5 heteroatoms. The molecule has 0 unspecified atom stereocenters. The highest BCUT2D eigenvalue weighted by molar-refractivity contribution is 5.47. The van der Waals surface area contributed by atoms with Crippen LogP contribution < -0.4 is 9.47 Å². The Labute approximate surface area is 209 Å². The fourth-order valence-electron chi connectivity index (χ4n) is 3.86. The Bertz CT molecular complexity index is 1230. The van der Waals surface area contributed by atoms with E-state index in [-0.39, 0.29) is 0 Å². The van der Waals surface area contributed by atoms with Crippen molar-refractivity contribution in [1.82, 2.24) is 14.5 Å². The van der Waals surface area contributed by atoms with Gasteiger partial charge >= 0.3 is 0 Å². The van der Waals surface area contributed by atoms with E-state index in [1.807, 2.05) is 44.6 Å². The average Bonchev–Trinajstić information content (AvgIpc) is 3.51. The molecule has 5 rings (SSSR count). The maximum atomic E-state index is 5.51. The van der Waals surface area contributed by atoms with Gasteiger partial charge in [-0.3, -0.25) is 4.98 Å². The van der Waals surface area contributed by atoms with Gasteiger partial charge in [-0.15, -0.1) is 0 Å². The molecule has 3 heterocycles. The van der Waals surface area contributed by atoms with Crippen molar-refractivity contribution >= 4 is 0 Å². The number of nitrogens with zero attached hydrogens (tertiary/aromatic N) is 3. The number of hydrogen-bond donors (Lipinski definition) is 0. The van der Waals surface area contributed by atoms with Gasteiger partial charge in [-0.1, -0.05) is 50.2 Å². The Morgan fingerprint density at radius 1 is 0.771 bits per heavy atom. The number of aromatic nitrogens is 3. The highest BCUT2D eigenvalue weighted by atomic mass is 16.7. The average molecular weight is 472 g/mol. The van der Waals surface area contributed by atoms with Crippen molar-refractivity contribution in [2.24, 2.45) is 7.05 Å². The Morgan fingerprint density at radius 3 is 1.97 bits per heavy atom. The summed E-state index contributed by atoms with van der Waals surface area (Å²) in [4.78, 5) is 9.02. The zero-order chi connectivity index (χ0) is 25.4. The summed E-state index contributed by atoms with van der Waals surface area (Å²) in [6, 6.07) is 16.7. The van der Waals surface area contributed by atoms with Crippen LogP contribution in [0.4, 0.5) is 0 Å². The minimum absolute atomic E-state index is 0.306. The van der Waals surface area contributed by atoms with Crippen molar-refractivity contribution in [1.29, 1.82) is 0 Å². The maximum absolute atomic E-state index is 5.51. The molecule has 184 valence electrons. The second kappa shape index (κ2) is 12.2. The van der Waals surface area contributed by atoms with Gasteiger partial charge in [0.15, 0.2) is 11.5 Å². The molecule has 1 aliphatic heterocycles. The molecule has 0 radical (unpaired) electrons. The smallest absolute Gasteiger partial charge is 0.231 e. The van der Waals surface area contributed by atoms with E-state index in [1.54, 1.807) is 6.20 Å². The molecule has 0 N–H and O–H groups in total. The highest BCUT2D eigenvalue weighted by Gasteiger charge is 2.16. The van der Waals surface area contributed by atoms with Gasteiger partial charge in [0.25, 0.3) is 0 Å². The molecule has 0 saturated carbocycles. The topological polar surface area (TPSA) is 49.2 Å². The first-order valence-corrected chi connectivity index (χ1v) is 12.2. The molecule has 0 bridgehead atoms. The monoisotopic (exact) mass is 471 g/mol. The third kappa shape index (κ3) is 6.50. The summed E-state index contributed by atoms with van der Waals surface area (Å²) in [5.74, 6) is 2.71. The molecule has 5 nitrogen and oxygen atoms in total. The van der Waals surface area contributed by atoms with E-state index in [0.717, 1.165) is 41.6 Å². The summed E-state index contributed by atoms with van der Waals surface area (Å²) in [6.07, 6.45) is 5.37. The van der Waals surface area contributed by atoms with Crippen molar-refractivity contribution in [2.45, 2.75) is 54.4 Å². The Kier molecular flexibility index (Phi) is 9.07. The van der Waals surface area contributed by atoms with Gasteiger partial charge in [-0.05, 0) is 67.6 Å². The van der Waals surface area contributed by atoms with Crippen LogP contribution in [-0.4, -0.2) is 21.3 Å². The number of rotatable bonds is 4. The molecule has 0 aliphatic carbocycles. The Hall–Kier alpha value is -3.60. The lowest BCUT2D eigenvalue weighted by molar-refractivity contribution is 0.174. The fourth-order valence-corrected chi connectivity index (χ4v) is 3.86. The molecule has 1 aliphatic rings. The second-order valence-electron chi connectivity index (χ2n) is 8.49. The summed E-state index contributed by atoms with van der Waals surface area (Å²) >= 11 is 0. The van der Waals surface area contributed by atoms with Gasteiger partial charge in [0.2, 0.25) is 6.79 Å². The number of aryl methyl sites for hydroxylation is 2. The van der Waals surface area contributed by atoms with E-state index in [2.05, 4.69) is 68.2 Å². The Morgan fingerprint density at radius 2 is 1.40 bits per heavy atom. The van der Waals surface area contributed by atoms with Gasteiger partial charge in [0.05, 0.1) is 0 Å². The van der Waals surface area contributed by atoms with E-state index in [1.165, 1.54) is 27.8 Å². The number of imidazole rings is 1. The lowest BCUT2D eigenvalue weighted by Gasteiger charge is -2.16. The zero-order valence-electron chi connectivity index (χ0n) is 22.1. The van der Waals surface area contributed by atoms with Crippen LogP contribution >= 0.6 is 0 Å². The summed E-state index contributed by atoms with van der Waals surface area (Å²) in [6.45, 7) is 12.8. The first kappa shape index (κ1) is 26.0. The molecule has 35 heavy (non-hydrogen) atoms.